The molecular weight excluding hydrogens is 398 g/mol. The van der Waals surface area contributed by atoms with Gasteiger partial charge in [0.2, 0.25) is 0 Å². The highest BCUT2D eigenvalue weighted by Gasteiger charge is 2.24. The van der Waals surface area contributed by atoms with Crippen LogP contribution in [-0.2, 0) is 0 Å². The molecule has 3 aromatic rings. The smallest absolute Gasteiger partial charge is 0.270 e. The number of aromatic nitrogens is 1. The normalized spacial score (nSPS) is 15.8. The zero-order valence-corrected chi connectivity index (χ0v) is 17.9. The van der Waals surface area contributed by atoms with Crippen LogP contribution in [0.3, 0.4) is 0 Å². The highest BCUT2D eigenvalue weighted by molar-refractivity contribution is 7.13. The zero-order valence-electron chi connectivity index (χ0n) is 17.1. The summed E-state index contributed by atoms with van der Waals surface area (Å²) in [5.74, 6) is 1.55. The fourth-order valence-corrected chi connectivity index (χ4v) is 4.58. The number of hydrogen-bond acceptors (Lipinski definition) is 6. The molecule has 0 aliphatic carbocycles. The molecule has 1 atom stereocenters. The van der Waals surface area contributed by atoms with Gasteiger partial charge >= 0.3 is 0 Å². The summed E-state index contributed by atoms with van der Waals surface area (Å²) in [6.07, 6.45) is 1.07. The number of rotatable bonds is 7. The van der Waals surface area contributed by atoms with Crippen molar-refractivity contribution in [2.24, 2.45) is 5.92 Å². The van der Waals surface area contributed by atoms with Gasteiger partial charge in [-0.05, 0) is 36.6 Å². The van der Waals surface area contributed by atoms with Crippen molar-refractivity contribution in [3.8, 4) is 22.1 Å². The Hall–Kier alpha value is -3.06. The molecule has 1 fully saturated rings. The fourth-order valence-electron chi connectivity index (χ4n) is 3.76. The molecule has 0 bridgehead atoms. The molecule has 30 heavy (non-hydrogen) atoms. The summed E-state index contributed by atoms with van der Waals surface area (Å²) in [6, 6.07) is 16.0. The number of para-hydroxylation sites is 2. The molecule has 1 N–H and O–H groups in total. The van der Waals surface area contributed by atoms with E-state index in [1.807, 2.05) is 24.3 Å². The Balaban J connectivity index is 1.37. The van der Waals surface area contributed by atoms with Crippen LogP contribution in [0.5, 0.6) is 11.5 Å². The Bertz CT molecular complexity index is 1010. The molecule has 156 valence electrons. The van der Waals surface area contributed by atoms with Crippen LogP contribution in [0, 0.1) is 5.92 Å². The number of nitrogens with zero attached hydrogens (tertiary/aromatic N) is 2. The van der Waals surface area contributed by atoms with Gasteiger partial charge in [0.15, 0.2) is 11.5 Å². The highest BCUT2D eigenvalue weighted by Crippen LogP contribution is 2.39. The van der Waals surface area contributed by atoms with Gasteiger partial charge in [-0.2, -0.15) is 0 Å². The summed E-state index contributed by atoms with van der Waals surface area (Å²) in [5, 5.41) is 5.57. The third-order valence-corrected chi connectivity index (χ3v) is 6.20. The first-order chi connectivity index (χ1) is 14.7. The Morgan fingerprint density at radius 1 is 1.17 bits per heavy atom. The lowest BCUT2D eigenvalue weighted by atomic mass is 10.1. The maximum atomic E-state index is 12.6. The summed E-state index contributed by atoms with van der Waals surface area (Å²) >= 11 is 1.42. The van der Waals surface area contributed by atoms with Crippen molar-refractivity contribution in [1.29, 1.82) is 0 Å². The first kappa shape index (κ1) is 20.2. The van der Waals surface area contributed by atoms with Gasteiger partial charge in [-0.25, -0.2) is 4.98 Å². The number of methoxy groups -OCH3 is 2. The second kappa shape index (κ2) is 9.17. The number of carbonyl (C=O) groups is 1. The van der Waals surface area contributed by atoms with Crippen molar-refractivity contribution < 1.29 is 14.3 Å². The summed E-state index contributed by atoms with van der Waals surface area (Å²) in [4.78, 5) is 19.5. The number of thiazole rings is 1. The van der Waals surface area contributed by atoms with Gasteiger partial charge in [0.05, 0.1) is 19.8 Å². The third-order valence-electron chi connectivity index (χ3n) is 5.33. The minimum atomic E-state index is -0.141. The minimum absolute atomic E-state index is 0.141. The third kappa shape index (κ3) is 4.26. The van der Waals surface area contributed by atoms with Crippen LogP contribution in [0.15, 0.2) is 53.9 Å². The van der Waals surface area contributed by atoms with Crippen molar-refractivity contribution >= 4 is 22.9 Å². The van der Waals surface area contributed by atoms with Crippen LogP contribution in [0.4, 0.5) is 5.69 Å². The van der Waals surface area contributed by atoms with Crippen molar-refractivity contribution in [1.82, 2.24) is 10.3 Å². The Kier molecular flexibility index (Phi) is 6.18. The summed E-state index contributed by atoms with van der Waals surface area (Å²) < 4.78 is 10.8. The largest absolute Gasteiger partial charge is 0.493 e. The van der Waals surface area contributed by atoms with Crippen molar-refractivity contribution in [2.45, 2.75) is 6.42 Å². The topological polar surface area (TPSA) is 63.7 Å². The molecule has 1 saturated heterocycles. The lowest BCUT2D eigenvalue weighted by Gasteiger charge is -2.18. The predicted octanol–water partition coefficient (Wildman–Crippen LogP) is 4.08. The van der Waals surface area contributed by atoms with Gasteiger partial charge in [-0.15, -0.1) is 11.3 Å². The molecule has 1 amide bonds. The number of anilines is 1. The molecule has 1 aliphatic heterocycles. The van der Waals surface area contributed by atoms with Gasteiger partial charge in [-0.3, -0.25) is 4.79 Å². The van der Waals surface area contributed by atoms with Crippen molar-refractivity contribution in [3.05, 3.63) is 59.6 Å². The van der Waals surface area contributed by atoms with Gasteiger partial charge in [0.1, 0.15) is 10.7 Å². The maximum absolute atomic E-state index is 12.6. The maximum Gasteiger partial charge on any atom is 0.270 e. The average molecular weight is 424 g/mol. The molecule has 0 saturated carbocycles. The van der Waals surface area contributed by atoms with Crippen LogP contribution in [0.2, 0.25) is 0 Å². The van der Waals surface area contributed by atoms with Gasteiger partial charge < -0.3 is 19.7 Å². The molecule has 1 aliphatic rings. The van der Waals surface area contributed by atoms with E-state index in [1.165, 1.54) is 17.0 Å². The molecule has 7 heteroatoms. The number of benzene rings is 2. The number of ether oxygens (including phenoxy) is 2. The van der Waals surface area contributed by atoms with Crippen LogP contribution < -0.4 is 19.7 Å². The first-order valence-electron chi connectivity index (χ1n) is 9.94. The Morgan fingerprint density at radius 3 is 2.77 bits per heavy atom. The average Bonchev–Trinajstić information content (AvgIpc) is 3.47. The van der Waals surface area contributed by atoms with E-state index in [0.29, 0.717) is 29.7 Å². The van der Waals surface area contributed by atoms with Crippen molar-refractivity contribution in [2.75, 3.05) is 38.8 Å². The van der Waals surface area contributed by atoms with E-state index in [-0.39, 0.29) is 5.91 Å². The van der Waals surface area contributed by atoms with Gasteiger partial charge in [0.25, 0.3) is 5.91 Å². The summed E-state index contributed by atoms with van der Waals surface area (Å²) in [6.45, 7) is 2.62. The number of hydrogen-bond donors (Lipinski definition) is 1. The Morgan fingerprint density at radius 2 is 2.00 bits per heavy atom. The number of carbonyl (C=O) groups excluding carboxylic acids is 1. The van der Waals surface area contributed by atoms with E-state index in [9.17, 15) is 4.79 Å². The quantitative estimate of drug-likeness (QED) is 0.620. The monoisotopic (exact) mass is 423 g/mol. The molecule has 0 spiro atoms. The molecule has 1 aromatic heterocycles. The van der Waals surface area contributed by atoms with E-state index in [0.717, 1.165) is 30.1 Å². The van der Waals surface area contributed by atoms with Crippen molar-refractivity contribution in [3.63, 3.8) is 0 Å². The highest BCUT2D eigenvalue weighted by atomic mass is 32.1. The molecule has 1 unspecified atom stereocenters. The van der Waals surface area contributed by atoms with Crippen LogP contribution in [0.1, 0.15) is 16.9 Å². The molecule has 2 heterocycles. The van der Waals surface area contributed by atoms with E-state index >= 15 is 0 Å². The van der Waals surface area contributed by atoms with E-state index < -0.39 is 0 Å². The number of amides is 1. The molecule has 2 aromatic carbocycles. The SMILES string of the molecule is COc1cccc(-c2nc(C(=O)NCC3CCN(c4ccccc4)C3)cs2)c1OC. The second-order valence-corrected chi connectivity index (χ2v) is 8.08. The predicted molar refractivity (Wildman–Crippen MR) is 120 cm³/mol. The van der Waals surface area contributed by atoms with E-state index in [4.69, 9.17) is 9.47 Å². The van der Waals surface area contributed by atoms with E-state index in [2.05, 4.69) is 39.5 Å². The lowest BCUT2D eigenvalue weighted by molar-refractivity contribution is 0.0944. The summed E-state index contributed by atoms with van der Waals surface area (Å²) in [5.41, 5.74) is 2.48. The zero-order chi connectivity index (χ0) is 20.9. The summed E-state index contributed by atoms with van der Waals surface area (Å²) in [7, 11) is 3.20. The second-order valence-electron chi connectivity index (χ2n) is 7.23. The van der Waals surface area contributed by atoms with Gasteiger partial charge in [0, 0.05) is 30.7 Å². The molecule has 6 nitrogen and oxygen atoms in total. The lowest BCUT2D eigenvalue weighted by Crippen LogP contribution is -2.31. The molecular formula is C23H25N3O3S. The van der Waals surface area contributed by atoms with Gasteiger partial charge in [-0.1, -0.05) is 24.3 Å². The van der Waals surface area contributed by atoms with Crippen LogP contribution >= 0.6 is 11.3 Å². The molecule has 0 radical (unpaired) electrons. The Labute approximate surface area is 180 Å². The standard InChI is InChI=1S/C23H25N3O3S/c1-28-20-10-6-9-18(21(20)29-2)23-25-19(15-30-23)22(27)24-13-16-11-12-26(14-16)17-7-4-3-5-8-17/h3-10,15-16H,11-14H2,1-2H3,(H,24,27). The molecule has 4 rings (SSSR count). The first-order valence-corrected chi connectivity index (χ1v) is 10.8. The van der Waals surface area contributed by atoms with E-state index in [1.54, 1.807) is 19.6 Å². The fraction of sp³-hybridized carbons (Fsp3) is 0.304. The number of nitrogens with one attached hydrogen (secondary N) is 1. The van der Waals surface area contributed by atoms with Crippen LogP contribution in [-0.4, -0.2) is 44.7 Å². The minimum Gasteiger partial charge on any atom is -0.493 e. The van der Waals surface area contributed by atoms with Crippen LogP contribution in [0.25, 0.3) is 10.6 Å².